The number of hydrogen-bond acceptors (Lipinski definition) is 7. The summed E-state index contributed by atoms with van der Waals surface area (Å²) in [6, 6.07) is 21.3. The maximum atomic E-state index is 14.1. The molecule has 3 aromatic carbocycles. The van der Waals surface area contributed by atoms with Gasteiger partial charge in [0.2, 0.25) is 5.91 Å². The molecule has 10 heteroatoms. The van der Waals surface area contributed by atoms with Gasteiger partial charge in [0.1, 0.15) is 0 Å². The van der Waals surface area contributed by atoms with Crippen LogP contribution in [0.2, 0.25) is 0 Å². The van der Waals surface area contributed by atoms with E-state index in [9.17, 15) is 29.8 Å². The van der Waals surface area contributed by atoms with Crippen molar-refractivity contribution in [2.75, 3.05) is 13.1 Å². The molecule has 0 radical (unpaired) electrons. The summed E-state index contributed by atoms with van der Waals surface area (Å²) in [5.41, 5.74) is 2.85. The molecular weight excluding hydrogens is 536 g/mol. The standard InChI is InChI=1S/C32H30N4O6/c37-31-25(17-23-9-13-28(14-10-23)35(39)40)20-34(21-26(31)18-24-11-15-29(16-12-24)36(41)42)32(38)30(33-27-7-4-8-27)19-22-5-2-1-3-6-22/h1-3,5-6,9-18,27,30,33H,4,7-8,19-21H2/b25-17+,26-18+/t30-/m1/s1. The molecule has 2 fully saturated rings. The topological polar surface area (TPSA) is 136 Å². The van der Waals surface area contributed by atoms with Crippen LogP contribution in [0, 0.1) is 20.2 Å². The number of ketones is 1. The number of nitrogens with one attached hydrogen (secondary N) is 1. The van der Waals surface area contributed by atoms with Gasteiger partial charge in [-0.1, -0.05) is 36.8 Å². The van der Waals surface area contributed by atoms with Crippen LogP contribution in [0.4, 0.5) is 11.4 Å². The summed E-state index contributed by atoms with van der Waals surface area (Å²) in [6.07, 6.45) is 6.94. The zero-order valence-electron chi connectivity index (χ0n) is 22.8. The van der Waals surface area contributed by atoms with Crippen molar-refractivity contribution in [3.63, 3.8) is 0 Å². The molecule has 3 aromatic rings. The summed E-state index contributed by atoms with van der Waals surface area (Å²) in [4.78, 5) is 50.6. The highest BCUT2D eigenvalue weighted by Crippen LogP contribution is 2.26. The van der Waals surface area contributed by atoms with Crippen LogP contribution in [0.3, 0.4) is 0 Å². The first-order chi connectivity index (χ1) is 20.3. The number of rotatable bonds is 9. The van der Waals surface area contributed by atoms with Gasteiger partial charge in [-0.25, -0.2) is 0 Å². The number of nitro groups is 2. The molecule has 1 heterocycles. The number of nitrogens with zero attached hydrogens (tertiary/aromatic N) is 3. The van der Waals surface area contributed by atoms with Gasteiger partial charge in [0, 0.05) is 54.5 Å². The molecule has 1 saturated heterocycles. The number of non-ortho nitro benzene ring substituents is 2. The summed E-state index contributed by atoms with van der Waals surface area (Å²) < 4.78 is 0. The molecule has 0 spiro atoms. The van der Waals surface area contributed by atoms with Crippen LogP contribution in [0.15, 0.2) is 90.0 Å². The van der Waals surface area contributed by atoms with E-state index in [1.807, 2.05) is 30.3 Å². The zero-order valence-corrected chi connectivity index (χ0v) is 22.8. The predicted molar refractivity (Wildman–Crippen MR) is 158 cm³/mol. The van der Waals surface area contributed by atoms with E-state index in [4.69, 9.17) is 0 Å². The second-order valence-corrected chi connectivity index (χ2v) is 10.6. The van der Waals surface area contributed by atoms with Crippen molar-refractivity contribution < 1.29 is 19.4 Å². The third kappa shape index (κ3) is 6.84. The maximum absolute atomic E-state index is 14.1. The molecular formula is C32H30N4O6. The smallest absolute Gasteiger partial charge is 0.269 e. The molecule has 1 N–H and O–H groups in total. The van der Waals surface area contributed by atoms with E-state index in [0.717, 1.165) is 24.8 Å². The predicted octanol–water partition coefficient (Wildman–Crippen LogP) is 5.13. The van der Waals surface area contributed by atoms with E-state index in [2.05, 4.69) is 5.32 Å². The zero-order chi connectivity index (χ0) is 29.6. The van der Waals surface area contributed by atoms with Gasteiger partial charge in [0.25, 0.3) is 11.4 Å². The molecule has 5 rings (SSSR count). The Bertz CT molecular complexity index is 1460. The highest BCUT2D eigenvalue weighted by molar-refractivity contribution is 6.15. The lowest BCUT2D eigenvalue weighted by Gasteiger charge is -2.36. The van der Waals surface area contributed by atoms with Crippen molar-refractivity contribution in [1.29, 1.82) is 0 Å². The van der Waals surface area contributed by atoms with Crippen molar-refractivity contribution in [2.45, 2.75) is 37.8 Å². The normalized spacial score (nSPS) is 18.1. The Morgan fingerprint density at radius 3 is 1.76 bits per heavy atom. The first kappa shape index (κ1) is 28.6. The monoisotopic (exact) mass is 566 g/mol. The van der Waals surface area contributed by atoms with Crippen molar-refractivity contribution in [3.05, 3.63) is 127 Å². The Kier molecular flexibility index (Phi) is 8.63. The fourth-order valence-electron chi connectivity index (χ4n) is 5.13. The molecule has 0 unspecified atom stereocenters. The second-order valence-electron chi connectivity index (χ2n) is 10.6. The Balaban J connectivity index is 1.47. The number of amides is 1. The first-order valence-electron chi connectivity index (χ1n) is 13.8. The van der Waals surface area contributed by atoms with Gasteiger partial charge in [-0.2, -0.15) is 0 Å². The van der Waals surface area contributed by atoms with Crippen LogP contribution in [0.5, 0.6) is 0 Å². The molecule has 1 atom stereocenters. The lowest BCUT2D eigenvalue weighted by atomic mass is 9.90. The first-order valence-corrected chi connectivity index (χ1v) is 13.8. The number of piperidine rings is 1. The third-order valence-electron chi connectivity index (χ3n) is 7.63. The van der Waals surface area contributed by atoms with Gasteiger partial charge in [-0.05, 0) is 72.4 Å². The van der Waals surface area contributed by atoms with Crippen LogP contribution in [0.1, 0.15) is 36.0 Å². The van der Waals surface area contributed by atoms with Crippen LogP contribution in [-0.2, 0) is 16.0 Å². The molecule has 1 amide bonds. The molecule has 0 aromatic heterocycles. The number of likely N-dealkylation sites (tertiary alicyclic amines) is 1. The minimum atomic E-state index is -0.490. The van der Waals surface area contributed by atoms with Gasteiger partial charge in [-0.3, -0.25) is 29.8 Å². The molecule has 1 aliphatic heterocycles. The van der Waals surface area contributed by atoms with Gasteiger partial charge in [-0.15, -0.1) is 0 Å². The van der Waals surface area contributed by atoms with Gasteiger partial charge in [0.05, 0.1) is 15.9 Å². The van der Waals surface area contributed by atoms with E-state index in [-0.39, 0.29) is 42.2 Å². The minimum absolute atomic E-state index is 0.0616. The van der Waals surface area contributed by atoms with Crippen LogP contribution >= 0.6 is 0 Å². The largest absolute Gasteiger partial charge is 0.332 e. The lowest BCUT2D eigenvalue weighted by Crippen LogP contribution is -2.54. The van der Waals surface area contributed by atoms with E-state index in [1.54, 1.807) is 41.3 Å². The van der Waals surface area contributed by atoms with Crippen LogP contribution in [-0.4, -0.2) is 51.6 Å². The maximum Gasteiger partial charge on any atom is 0.269 e. The number of carbonyl (C=O) groups excluding carboxylic acids is 2. The van der Waals surface area contributed by atoms with Crippen molar-refractivity contribution in [3.8, 4) is 0 Å². The van der Waals surface area contributed by atoms with Crippen LogP contribution in [0.25, 0.3) is 12.2 Å². The quantitative estimate of drug-likeness (QED) is 0.215. The molecule has 2 aliphatic rings. The van der Waals surface area contributed by atoms with Crippen molar-refractivity contribution in [2.24, 2.45) is 0 Å². The Hall–Kier alpha value is -4.96. The van der Waals surface area contributed by atoms with E-state index in [0.29, 0.717) is 28.7 Å². The fraction of sp³-hybridized carbons (Fsp3) is 0.250. The van der Waals surface area contributed by atoms with Gasteiger partial charge in [0.15, 0.2) is 5.78 Å². The highest BCUT2D eigenvalue weighted by Gasteiger charge is 2.34. The summed E-state index contributed by atoms with van der Waals surface area (Å²) in [6.45, 7) is 0.174. The molecule has 214 valence electrons. The molecule has 1 aliphatic carbocycles. The second kappa shape index (κ2) is 12.7. The minimum Gasteiger partial charge on any atom is -0.332 e. The van der Waals surface area contributed by atoms with Crippen LogP contribution < -0.4 is 5.32 Å². The molecule has 10 nitrogen and oxygen atoms in total. The Morgan fingerprint density at radius 2 is 1.33 bits per heavy atom. The number of Topliss-reactive ketones (excluding diaryl/α,β-unsaturated/α-hetero) is 1. The summed E-state index contributed by atoms with van der Waals surface area (Å²) >= 11 is 0. The molecule has 1 saturated carbocycles. The average molecular weight is 567 g/mol. The molecule has 0 bridgehead atoms. The number of benzene rings is 3. The summed E-state index contributed by atoms with van der Waals surface area (Å²) in [7, 11) is 0. The van der Waals surface area contributed by atoms with E-state index in [1.165, 1.54) is 24.3 Å². The van der Waals surface area contributed by atoms with Gasteiger partial charge >= 0.3 is 0 Å². The Labute approximate surface area is 242 Å². The number of hydrogen-bond donors (Lipinski definition) is 1. The lowest BCUT2D eigenvalue weighted by molar-refractivity contribution is -0.385. The average Bonchev–Trinajstić information content (AvgIpc) is 2.97. The highest BCUT2D eigenvalue weighted by atomic mass is 16.6. The third-order valence-corrected chi connectivity index (χ3v) is 7.63. The summed E-state index contributed by atoms with van der Waals surface area (Å²) in [5.74, 6) is -0.371. The number of nitro benzene ring substituents is 2. The van der Waals surface area contributed by atoms with E-state index < -0.39 is 15.9 Å². The van der Waals surface area contributed by atoms with Gasteiger partial charge < -0.3 is 10.2 Å². The van der Waals surface area contributed by atoms with E-state index >= 15 is 0 Å². The van der Waals surface area contributed by atoms with Crippen molar-refractivity contribution in [1.82, 2.24) is 10.2 Å². The van der Waals surface area contributed by atoms with Crippen molar-refractivity contribution >= 4 is 35.2 Å². The SMILES string of the molecule is O=C1/C(=C/c2ccc([N+](=O)[O-])cc2)CN(C(=O)[C@@H](Cc2ccccc2)NC2CCC2)C/C1=C\c1ccc([N+](=O)[O-])cc1. The molecule has 42 heavy (non-hydrogen) atoms. The summed E-state index contributed by atoms with van der Waals surface area (Å²) in [5, 5.41) is 25.7. The fourth-order valence-corrected chi connectivity index (χ4v) is 5.13. The Morgan fingerprint density at radius 1 is 0.833 bits per heavy atom. The number of carbonyl (C=O) groups is 2.